The molecular weight excluding hydrogens is 340 g/mol. The molecule has 1 amide bonds. The van der Waals surface area contributed by atoms with Crippen LogP contribution >= 0.6 is 0 Å². The van der Waals surface area contributed by atoms with Crippen molar-refractivity contribution in [2.45, 2.75) is 17.4 Å². The van der Waals surface area contributed by atoms with Gasteiger partial charge in [-0.15, -0.1) is 0 Å². The molecule has 1 unspecified atom stereocenters. The van der Waals surface area contributed by atoms with E-state index < -0.39 is 25.7 Å². The molecule has 0 saturated carbocycles. The highest BCUT2D eigenvalue weighted by Crippen LogP contribution is 2.21. The Bertz CT molecular complexity index is 798. The first-order valence-corrected chi connectivity index (χ1v) is 10.7. The summed E-state index contributed by atoms with van der Waals surface area (Å²) in [5, 5.41) is 2.98. The predicted octanol–water partition coefficient (Wildman–Crippen LogP) is 0.196. The van der Waals surface area contributed by atoms with Crippen molar-refractivity contribution in [1.29, 1.82) is 0 Å². The third kappa shape index (κ3) is 4.10. The molecule has 1 atom stereocenters. The lowest BCUT2D eigenvalue weighted by atomic mass is 10.1. The van der Waals surface area contributed by atoms with Gasteiger partial charge in [-0.2, -0.15) is 0 Å². The van der Waals surface area contributed by atoms with Gasteiger partial charge in [0.25, 0.3) is 5.91 Å². The van der Waals surface area contributed by atoms with Gasteiger partial charge in [0.1, 0.15) is 0 Å². The van der Waals surface area contributed by atoms with Crippen LogP contribution < -0.4 is 0 Å². The van der Waals surface area contributed by atoms with Gasteiger partial charge < -0.3 is 0 Å². The summed E-state index contributed by atoms with van der Waals surface area (Å²) in [5.41, 5.74) is 0.315. The molecule has 7 nitrogen and oxygen atoms in total. The summed E-state index contributed by atoms with van der Waals surface area (Å²) < 4.78 is 46.3. The van der Waals surface area contributed by atoms with Gasteiger partial charge in [-0.1, -0.05) is 0 Å². The molecule has 1 aliphatic heterocycles. The van der Waals surface area contributed by atoms with Crippen LogP contribution in [-0.2, 0) is 19.7 Å². The van der Waals surface area contributed by atoms with Crippen LogP contribution in [0, 0.1) is 0 Å². The zero-order chi connectivity index (χ0) is 17.4. The van der Waals surface area contributed by atoms with Gasteiger partial charge in [-0.05, 0) is 30.7 Å². The topological polar surface area (TPSA) is 91.8 Å². The van der Waals surface area contributed by atoms with E-state index in [1.807, 2.05) is 0 Å². The molecule has 0 radical (unpaired) electrons. The molecule has 1 aliphatic rings. The fraction of sp³-hybridized carbons (Fsp3) is 0.500. The van der Waals surface area contributed by atoms with Crippen molar-refractivity contribution in [3.8, 4) is 0 Å². The molecule has 1 aromatic rings. The standard InChI is InChI=1S/C14H20N2O5S2/c1-15(2)16(12-8-9-23(20,21)10-12)14(17)11-4-6-13(7-5-11)22(3,18)19/h4-7,12H,8-10H2,1-3H3. The first kappa shape index (κ1) is 17.9. The number of carbonyl (C=O) groups excluding carboxylic acids is 1. The van der Waals surface area contributed by atoms with Crippen LogP contribution in [0.25, 0.3) is 0 Å². The third-order valence-electron chi connectivity index (χ3n) is 3.72. The smallest absolute Gasteiger partial charge is 0.268 e. The molecule has 0 aromatic heterocycles. The van der Waals surface area contributed by atoms with Crippen molar-refractivity contribution < 1.29 is 21.6 Å². The van der Waals surface area contributed by atoms with Crippen molar-refractivity contribution in [3.63, 3.8) is 0 Å². The van der Waals surface area contributed by atoms with Crippen LogP contribution in [-0.4, -0.2) is 70.7 Å². The second-order valence-electron chi connectivity index (χ2n) is 5.85. The zero-order valence-corrected chi connectivity index (χ0v) is 14.9. The largest absolute Gasteiger partial charge is 0.268 e. The van der Waals surface area contributed by atoms with Gasteiger partial charge in [0, 0.05) is 25.9 Å². The van der Waals surface area contributed by atoms with E-state index in [0.29, 0.717) is 12.0 Å². The maximum atomic E-state index is 12.7. The number of benzene rings is 1. The average Bonchev–Trinajstić information content (AvgIpc) is 2.77. The number of hydrazine groups is 1. The first-order valence-electron chi connectivity index (χ1n) is 7.02. The third-order valence-corrected chi connectivity index (χ3v) is 6.60. The van der Waals surface area contributed by atoms with Gasteiger partial charge in [-0.25, -0.2) is 21.8 Å². The number of hydrogen-bond acceptors (Lipinski definition) is 6. The second-order valence-corrected chi connectivity index (χ2v) is 10.1. The average molecular weight is 360 g/mol. The van der Waals surface area contributed by atoms with Crippen molar-refractivity contribution in [2.75, 3.05) is 31.9 Å². The number of carbonyl (C=O) groups is 1. The molecule has 9 heteroatoms. The summed E-state index contributed by atoms with van der Waals surface area (Å²) in [4.78, 5) is 12.8. The highest BCUT2D eigenvalue weighted by molar-refractivity contribution is 7.91. The Labute approximate surface area is 136 Å². The molecule has 0 N–H and O–H groups in total. The van der Waals surface area contributed by atoms with E-state index in [1.165, 1.54) is 29.3 Å². The number of rotatable bonds is 4. The molecule has 1 fully saturated rings. The number of amides is 1. The van der Waals surface area contributed by atoms with Crippen molar-refractivity contribution in [2.24, 2.45) is 0 Å². The molecule has 0 bridgehead atoms. The van der Waals surface area contributed by atoms with Crippen LogP contribution in [0.3, 0.4) is 0 Å². The number of hydrogen-bond donors (Lipinski definition) is 0. The number of sulfone groups is 2. The molecule has 0 spiro atoms. The highest BCUT2D eigenvalue weighted by atomic mass is 32.2. The van der Waals surface area contributed by atoms with E-state index in [0.717, 1.165) is 6.26 Å². The summed E-state index contributed by atoms with van der Waals surface area (Å²) in [5.74, 6) is -0.335. The maximum absolute atomic E-state index is 12.7. The van der Waals surface area contributed by atoms with Crippen LogP contribution in [0.4, 0.5) is 0 Å². The molecule has 1 saturated heterocycles. The summed E-state index contributed by atoms with van der Waals surface area (Å²) in [6.45, 7) is 0. The summed E-state index contributed by atoms with van der Waals surface area (Å²) in [6, 6.07) is 5.23. The van der Waals surface area contributed by atoms with E-state index >= 15 is 0 Å². The highest BCUT2D eigenvalue weighted by Gasteiger charge is 2.36. The van der Waals surface area contributed by atoms with Gasteiger partial charge in [0.2, 0.25) is 0 Å². The summed E-state index contributed by atoms with van der Waals surface area (Å²) in [6.07, 6.45) is 1.49. The lowest BCUT2D eigenvalue weighted by Crippen LogP contribution is -2.49. The van der Waals surface area contributed by atoms with E-state index in [2.05, 4.69) is 0 Å². The van der Waals surface area contributed by atoms with Crippen molar-refractivity contribution in [1.82, 2.24) is 10.0 Å². The summed E-state index contributed by atoms with van der Waals surface area (Å²) in [7, 11) is -3.09. The lowest BCUT2D eigenvalue weighted by Gasteiger charge is -2.33. The predicted molar refractivity (Wildman–Crippen MR) is 86.5 cm³/mol. The van der Waals surface area contributed by atoms with E-state index in [1.54, 1.807) is 19.1 Å². The fourth-order valence-electron chi connectivity index (χ4n) is 2.62. The number of nitrogens with zero attached hydrogens (tertiary/aromatic N) is 2. The van der Waals surface area contributed by atoms with E-state index in [-0.39, 0.29) is 22.3 Å². The van der Waals surface area contributed by atoms with Crippen molar-refractivity contribution >= 4 is 25.6 Å². The normalized spacial score (nSPS) is 20.6. The molecule has 23 heavy (non-hydrogen) atoms. The van der Waals surface area contributed by atoms with Gasteiger partial charge in [0.15, 0.2) is 19.7 Å². The Kier molecular flexibility index (Phi) is 4.84. The first-order chi connectivity index (χ1) is 10.5. The Morgan fingerprint density at radius 3 is 2.13 bits per heavy atom. The molecule has 2 rings (SSSR count). The van der Waals surface area contributed by atoms with Crippen LogP contribution in [0.1, 0.15) is 16.8 Å². The Morgan fingerprint density at radius 2 is 1.74 bits per heavy atom. The monoisotopic (exact) mass is 360 g/mol. The van der Waals surface area contributed by atoms with Gasteiger partial charge in [-0.3, -0.25) is 9.80 Å². The quantitative estimate of drug-likeness (QED) is 0.712. The minimum absolute atomic E-state index is 0.0572. The fourth-order valence-corrected chi connectivity index (χ4v) is 4.94. The molecule has 1 heterocycles. The van der Waals surface area contributed by atoms with Crippen LogP contribution in [0.2, 0.25) is 0 Å². The lowest BCUT2D eigenvalue weighted by molar-refractivity contribution is 0.00100. The van der Waals surface area contributed by atoms with E-state index in [9.17, 15) is 21.6 Å². The molecule has 1 aromatic carbocycles. The SMILES string of the molecule is CN(C)N(C(=O)c1ccc(S(C)(=O)=O)cc1)C1CCS(=O)(=O)C1. The Hall–Kier alpha value is -1.45. The molecule has 0 aliphatic carbocycles. The van der Waals surface area contributed by atoms with Gasteiger partial charge >= 0.3 is 0 Å². The van der Waals surface area contributed by atoms with Crippen LogP contribution in [0.15, 0.2) is 29.2 Å². The Balaban J connectivity index is 2.28. The minimum atomic E-state index is -3.33. The minimum Gasteiger partial charge on any atom is -0.268 e. The zero-order valence-electron chi connectivity index (χ0n) is 13.3. The van der Waals surface area contributed by atoms with Crippen molar-refractivity contribution in [3.05, 3.63) is 29.8 Å². The van der Waals surface area contributed by atoms with Gasteiger partial charge in [0.05, 0.1) is 22.4 Å². The van der Waals surface area contributed by atoms with E-state index in [4.69, 9.17) is 0 Å². The second kappa shape index (κ2) is 6.21. The molecule has 128 valence electrons. The Morgan fingerprint density at radius 1 is 1.17 bits per heavy atom. The van der Waals surface area contributed by atoms with Crippen LogP contribution in [0.5, 0.6) is 0 Å². The summed E-state index contributed by atoms with van der Waals surface area (Å²) >= 11 is 0. The molecular formula is C14H20N2O5S2. The maximum Gasteiger partial charge on any atom is 0.268 e.